The van der Waals surface area contributed by atoms with Gasteiger partial charge in [-0.05, 0) is 48.1 Å². The summed E-state index contributed by atoms with van der Waals surface area (Å²) in [6, 6.07) is 16.3. The van der Waals surface area contributed by atoms with Crippen molar-refractivity contribution >= 4 is 33.7 Å². The van der Waals surface area contributed by atoms with Gasteiger partial charge in [-0.1, -0.05) is 54.1 Å². The maximum atomic E-state index is 12.3. The normalized spacial score (nSPS) is 15.8. The molecule has 2 aromatic rings. The summed E-state index contributed by atoms with van der Waals surface area (Å²) in [6.45, 7) is 1.06. The van der Waals surface area contributed by atoms with E-state index in [1.807, 2.05) is 18.2 Å². The summed E-state index contributed by atoms with van der Waals surface area (Å²) in [4.78, 5) is 13.8. The van der Waals surface area contributed by atoms with E-state index < -0.39 is 16.1 Å². The molecular weight excluding hydrogens is 384 g/mol. The molecule has 1 heterocycles. The number of sulfonamides is 1. The fraction of sp³-hybridized carbons (Fsp3) is 0.250. The first-order valence-electron chi connectivity index (χ1n) is 8.73. The van der Waals surface area contributed by atoms with E-state index in [0.717, 1.165) is 18.2 Å². The van der Waals surface area contributed by atoms with Crippen molar-refractivity contribution in [3.8, 4) is 0 Å². The van der Waals surface area contributed by atoms with Crippen LogP contribution in [0, 0.1) is 0 Å². The SMILES string of the molecule is O=C(NS(=O)(=O)C=Cc1ccc(Cl)cc1)N1CCC(c2ccccc2)CC1. The zero-order valence-electron chi connectivity index (χ0n) is 14.7. The Morgan fingerprint density at radius 1 is 1.04 bits per heavy atom. The van der Waals surface area contributed by atoms with Gasteiger partial charge < -0.3 is 4.90 Å². The predicted octanol–water partition coefficient (Wildman–Crippen LogP) is 4.23. The number of carbonyl (C=O) groups excluding carboxylic acids is 1. The van der Waals surface area contributed by atoms with Crippen LogP contribution in [0.15, 0.2) is 60.0 Å². The highest BCUT2D eigenvalue weighted by atomic mass is 35.5. The van der Waals surface area contributed by atoms with Gasteiger partial charge in [-0.25, -0.2) is 17.9 Å². The molecular formula is C20H21ClN2O3S. The number of hydrogen-bond acceptors (Lipinski definition) is 3. The smallest absolute Gasteiger partial charge is 0.324 e. The Hall–Kier alpha value is -2.31. The van der Waals surface area contributed by atoms with Gasteiger partial charge in [-0.15, -0.1) is 0 Å². The van der Waals surface area contributed by atoms with Crippen LogP contribution in [0.2, 0.25) is 5.02 Å². The number of piperidine rings is 1. The minimum atomic E-state index is -3.86. The van der Waals surface area contributed by atoms with E-state index in [1.54, 1.807) is 29.2 Å². The molecule has 1 aliphatic rings. The second-order valence-corrected chi connectivity index (χ2v) is 8.48. The molecule has 1 fully saturated rings. The standard InChI is InChI=1S/C20H21ClN2O3S/c21-19-8-6-16(7-9-19)12-15-27(25,26)22-20(24)23-13-10-18(11-14-23)17-4-2-1-3-5-17/h1-9,12,15,18H,10-11,13-14H2,(H,22,24). The molecule has 0 spiro atoms. The maximum absolute atomic E-state index is 12.3. The highest BCUT2D eigenvalue weighted by Crippen LogP contribution is 2.27. The van der Waals surface area contributed by atoms with Gasteiger partial charge in [0.05, 0.1) is 5.41 Å². The lowest BCUT2D eigenvalue weighted by Gasteiger charge is -2.32. The van der Waals surface area contributed by atoms with Crippen molar-refractivity contribution in [3.05, 3.63) is 76.2 Å². The molecule has 1 saturated heterocycles. The number of rotatable bonds is 4. The van der Waals surface area contributed by atoms with Gasteiger partial charge in [-0.2, -0.15) is 0 Å². The Labute approximate surface area is 164 Å². The van der Waals surface area contributed by atoms with Gasteiger partial charge in [-0.3, -0.25) is 0 Å². The predicted molar refractivity (Wildman–Crippen MR) is 108 cm³/mol. The van der Waals surface area contributed by atoms with Crippen LogP contribution in [0.5, 0.6) is 0 Å². The van der Waals surface area contributed by atoms with E-state index in [1.165, 1.54) is 11.6 Å². The number of halogens is 1. The third-order valence-electron chi connectivity index (χ3n) is 4.59. The van der Waals surface area contributed by atoms with Crippen LogP contribution in [0.1, 0.15) is 29.9 Å². The van der Waals surface area contributed by atoms with E-state index in [9.17, 15) is 13.2 Å². The summed E-state index contributed by atoms with van der Waals surface area (Å²) >= 11 is 5.80. The Kier molecular flexibility index (Phi) is 6.19. The fourth-order valence-corrected chi connectivity index (χ4v) is 4.01. The van der Waals surface area contributed by atoms with Crippen LogP contribution in [0.25, 0.3) is 6.08 Å². The van der Waals surface area contributed by atoms with Gasteiger partial charge in [0, 0.05) is 18.1 Å². The van der Waals surface area contributed by atoms with Crippen molar-refractivity contribution in [1.29, 1.82) is 0 Å². The fourth-order valence-electron chi connectivity index (χ4n) is 3.10. The molecule has 5 nitrogen and oxygen atoms in total. The number of nitrogens with zero attached hydrogens (tertiary/aromatic N) is 1. The van der Waals surface area contributed by atoms with Gasteiger partial charge in [0.2, 0.25) is 0 Å². The van der Waals surface area contributed by atoms with E-state index >= 15 is 0 Å². The summed E-state index contributed by atoms with van der Waals surface area (Å²) in [7, 11) is -3.86. The van der Waals surface area contributed by atoms with Crippen LogP contribution >= 0.6 is 11.6 Å². The van der Waals surface area contributed by atoms with E-state index in [-0.39, 0.29) is 0 Å². The first kappa shape index (κ1) is 19.5. The van der Waals surface area contributed by atoms with Crippen molar-refractivity contribution in [2.75, 3.05) is 13.1 Å². The first-order chi connectivity index (χ1) is 12.9. The lowest BCUT2D eigenvalue weighted by molar-refractivity contribution is 0.187. The molecule has 142 valence electrons. The zero-order valence-corrected chi connectivity index (χ0v) is 16.3. The molecule has 0 aliphatic carbocycles. The summed E-state index contributed by atoms with van der Waals surface area (Å²) in [5.74, 6) is 0.400. The molecule has 0 bridgehead atoms. The lowest BCUT2D eigenvalue weighted by Crippen LogP contribution is -2.45. The molecule has 1 N–H and O–H groups in total. The molecule has 27 heavy (non-hydrogen) atoms. The molecule has 2 amide bonds. The number of benzene rings is 2. The maximum Gasteiger partial charge on any atom is 0.331 e. The van der Waals surface area contributed by atoms with Crippen molar-refractivity contribution < 1.29 is 13.2 Å². The zero-order chi connectivity index (χ0) is 19.3. The van der Waals surface area contributed by atoms with Gasteiger partial charge in [0.1, 0.15) is 0 Å². The molecule has 7 heteroatoms. The second-order valence-electron chi connectivity index (χ2n) is 6.48. The second kappa shape index (κ2) is 8.59. The van der Waals surface area contributed by atoms with Crippen molar-refractivity contribution in [2.24, 2.45) is 0 Å². The number of likely N-dealkylation sites (tertiary alicyclic amines) is 1. The average molecular weight is 405 g/mol. The molecule has 0 aromatic heterocycles. The lowest BCUT2D eigenvalue weighted by atomic mass is 9.90. The number of hydrogen-bond donors (Lipinski definition) is 1. The third-order valence-corrected chi connectivity index (χ3v) is 5.80. The van der Waals surface area contributed by atoms with Crippen LogP contribution < -0.4 is 4.72 Å². The molecule has 1 aliphatic heterocycles. The summed E-state index contributed by atoms with van der Waals surface area (Å²) in [5.41, 5.74) is 1.94. The minimum Gasteiger partial charge on any atom is -0.324 e. The van der Waals surface area contributed by atoms with E-state index in [2.05, 4.69) is 16.9 Å². The van der Waals surface area contributed by atoms with Crippen molar-refractivity contribution in [3.63, 3.8) is 0 Å². The Morgan fingerprint density at radius 3 is 2.30 bits per heavy atom. The number of urea groups is 1. The van der Waals surface area contributed by atoms with Crippen molar-refractivity contribution in [1.82, 2.24) is 9.62 Å². The quantitative estimate of drug-likeness (QED) is 0.829. The topological polar surface area (TPSA) is 66.5 Å². The van der Waals surface area contributed by atoms with Crippen molar-refractivity contribution in [2.45, 2.75) is 18.8 Å². The van der Waals surface area contributed by atoms with E-state index in [0.29, 0.717) is 29.6 Å². The monoisotopic (exact) mass is 404 g/mol. The number of amides is 2. The van der Waals surface area contributed by atoms with Crippen LogP contribution in [0.3, 0.4) is 0 Å². The van der Waals surface area contributed by atoms with Gasteiger partial charge in [0.25, 0.3) is 10.0 Å². The molecule has 0 saturated carbocycles. The third kappa shape index (κ3) is 5.58. The molecule has 0 radical (unpaired) electrons. The average Bonchev–Trinajstić information content (AvgIpc) is 2.68. The Balaban J connectivity index is 1.54. The van der Waals surface area contributed by atoms with E-state index in [4.69, 9.17) is 11.6 Å². The molecule has 0 unspecified atom stereocenters. The number of nitrogens with one attached hydrogen (secondary N) is 1. The number of carbonyl (C=O) groups is 1. The summed E-state index contributed by atoms with van der Waals surface area (Å²) in [5, 5.41) is 1.56. The Morgan fingerprint density at radius 2 is 1.67 bits per heavy atom. The largest absolute Gasteiger partial charge is 0.331 e. The summed E-state index contributed by atoms with van der Waals surface area (Å²) in [6.07, 6.45) is 3.06. The highest BCUT2D eigenvalue weighted by Gasteiger charge is 2.25. The van der Waals surface area contributed by atoms with Crippen LogP contribution in [0.4, 0.5) is 4.79 Å². The Bertz CT molecular complexity index is 904. The molecule has 2 aromatic carbocycles. The minimum absolute atomic E-state index is 0.400. The van der Waals surface area contributed by atoms with Crippen LogP contribution in [-0.4, -0.2) is 32.4 Å². The van der Waals surface area contributed by atoms with Crippen LogP contribution in [-0.2, 0) is 10.0 Å². The first-order valence-corrected chi connectivity index (χ1v) is 10.7. The highest BCUT2D eigenvalue weighted by molar-refractivity contribution is 7.93. The molecule has 3 rings (SSSR count). The van der Waals surface area contributed by atoms with Gasteiger partial charge in [0.15, 0.2) is 0 Å². The summed E-state index contributed by atoms with van der Waals surface area (Å²) < 4.78 is 26.4. The van der Waals surface area contributed by atoms with Gasteiger partial charge >= 0.3 is 6.03 Å². The molecule has 0 atom stereocenters.